The lowest BCUT2D eigenvalue weighted by atomic mass is 9.77. The SMILES string of the molecule is COCCCC1(CO)CCCN(CC=Cc2ccccc2)C1. The molecule has 1 fully saturated rings. The zero-order valence-corrected chi connectivity index (χ0v) is 13.7. The second kappa shape index (κ2) is 9.09. The number of nitrogens with zero attached hydrogens (tertiary/aromatic N) is 1. The Balaban J connectivity index is 1.85. The molecule has 0 amide bonds. The lowest BCUT2D eigenvalue weighted by molar-refractivity contribution is 0.0236. The highest BCUT2D eigenvalue weighted by Crippen LogP contribution is 2.34. The lowest BCUT2D eigenvalue weighted by Gasteiger charge is -2.41. The molecule has 3 nitrogen and oxygen atoms in total. The number of ether oxygens (including phenoxy) is 1. The van der Waals surface area contributed by atoms with Crippen LogP contribution in [0.3, 0.4) is 0 Å². The summed E-state index contributed by atoms with van der Waals surface area (Å²) in [5.74, 6) is 0. The van der Waals surface area contributed by atoms with Crippen LogP contribution in [0.2, 0.25) is 0 Å². The van der Waals surface area contributed by atoms with Crippen LogP contribution < -0.4 is 0 Å². The zero-order chi connectivity index (χ0) is 15.7. The van der Waals surface area contributed by atoms with E-state index in [0.717, 1.165) is 45.5 Å². The third kappa shape index (κ3) is 5.24. The summed E-state index contributed by atoms with van der Waals surface area (Å²) in [7, 11) is 1.74. The van der Waals surface area contributed by atoms with Gasteiger partial charge < -0.3 is 9.84 Å². The molecular formula is C19H29NO2. The summed E-state index contributed by atoms with van der Waals surface area (Å²) >= 11 is 0. The summed E-state index contributed by atoms with van der Waals surface area (Å²) in [5.41, 5.74) is 1.31. The molecule has 0 spiro atoms. The maximum absolute atomic E-state index is 9.88. The van der Waals surface area contributed by atoms with E-state index in [1.54, 1.807) is 7.11 Å². The molecule has 1 saturated heterocycles. The Labute approximate surface area is 134 Å². The molecule has 0 saturated carbocycles. The van der Waals surface area contributed by atoms with Crippen LogP contribution in [0.5, 0.6) is 0 Å². The Bertz CT molecular complexity index is 446. The number of likely N-dealkylation sites (tertiary alicyclic amines) is 1. The molecule has 1 N–H and O–H groups in total. The molecule has 2 rings (SSSR count). The number of aliphatic hydroxyl groups is 1. The maximum Gasteiger partial charge on any atom is 0.0499 e. The molecule has 1 aliphatic heterocycles. The van der Waals surface area contributed by atoms with E-state index in [0.29, 0.717) is 0 Å². The number of benzene rings is 1. The van der Waals surface area contributed by atoms with Gasteiger partial charge in [-0.1, -0.05) is 42.5 Å². The van der Waals surface area contributed by atoms with Gasteiger partial charge in [0, 0.05) is 38.8 Å². The van der Waals surface area contributed by atoms with Crippen molar-refractivity contribution in [2.24, 2.45) is 5.41 Å². The van der Waals surface area contributed by atoms with E-state index < -0.39 is 0 Å². The van der Waals surface area contributed by atoms with Crippen LogP contribution in [0.25, 0.3) is 6.08 Å². The smallest absolute Gasteiger partial charge is 0.0499 e. The van der Waals surface area contributed by atoms with Crippen LogP contribution >= 0.6 is 0 Å². The first kappa shape index (κ1) is 17.2. The second-order valence-corrected chi connectivity index (χ2v) is 6.41. The summed E-state index contributed by atoms with van der Waals surface area (Å²) in [6, 6.07) is 10.4. The van der Waals surface area contributed by atoms with Crippen LogP contribution in [0.4, 0.5) is 0 Å². The summed E-state index contributed by atoms with van der Waals surface area (Å²) < 4.78 is 5.16. The van der Waals surface area contributed by atoms with Crippen LogP contribution in [0, 0.1) is 5.41 Å². The van der Waals surface area contributed by atoms with Crippen molar-refractivity contribution in [2.75, 3.05) is 40.0 Å². The molecule has 1 aromatic rings. The second-order valence-electron chi connectivity index (χ2n) is 6.41. The molecule has 1 unspecified atom stereocenters. The van der Waals surface area contributed by atoms with Gasteiger partial charge in [-0.15, -0.1) is 0 Å². The van der Waals surface area contributed by atoms with Crippen molar-refractivity contribution in [3.8, 4) is 0 Å². The fraction of sp³-hybridized carbons (Fsp3) is 0.579. The maximum atomic E-state index is 9.88. The largest absolute Gasteiger partial charge is 0.396 e. The Morgan fingerprint density at radius 1 is 1.32 bits per heavy atom. The molecule has 1 aromatic carbocycles. The molecule has 3 heteroatoms. The van der Waals surface area contributed by atoms with Gasteiger partial charge in [-0.2, -0.15) is 0 Å². The highest BCUT2D eigenvalue weighted by molar-refractivity contribution is 5.48. The molecule has 0 aromatic heterocycles. The Hall–Kier alpha value is -1.16. The van der Waals surface area contributed by atoms with Crippen molar-refractivity contribution < 1.29 is 9.84 Å². The summed E-state index contributed by atoms with van der Waals surface area (Å²) in [6.45, 7) is 4.16. The van der Waals surface area contributed by atoms with Crippen molar-refractivity contribution in [3.63, 3.8) is 0 Å². The van der Waals surface area contributed by atoms with E-state index >= 15 is 0 Å². The van der Waals surface area contributed by atoms with Gasteiger partial charge in [-0.05, 0) is 37.8 Å². The molecule has 1 heterocycles. The molecule has 1 atom stereocenters. The number of hydrogen-bond acceptors (Lipinski definition) is 3. The van der Waals surface area contributed by atoms with E-state index in [1.165, 1.54) is 12.0 Å². The topological polar surface area (TPSA) is 32.7 Å². The summed E-state index contributed by atoms with van der Waals surface area (Å²) in [4.78, 5) is 2.46. The molecule has 122 valence electrons. The molecule has 1 aliphatic rings. The first-order chi connectivity index (χ1) is 10.8. The van der Waals surface area contributed by atoms with Gasteiger partial charge in [0.25, 0.3) is 0 Å². The molecule has 0 bridgehead atoms. The normalized spacial score (nSPS) is 23.2. The molecule has 0 aliphatic carbocycles. The Morgan fingerprint density at radius 2 is 2.14 bits per heavy atom. The van der Waals surface area contributed by atoms with Crippen LogP contribution in [-0.4, -0.2) is 50.0 Å². The minimum Gasteiger partial charge on any atom is -0.396 e. The molecule has 0 radical (unpaired) electrons. The number of methoxy groups -OCH3 is 1. The summed E-state index contributed by atoms with van der Waals surface area (Å²) in [5, 5.41) is 9.88. The van der Waals surface area contributed by atoms with E-state index in [-0.39, 0.29) is 12.0 Å². The quantitative estimate of drug-likeness (QED) is 0.749. The van der Waals surface area contributed by atoms with Gasteiger partial charge in [-0.3, -0.25) is 4.90 Å². The first-order valence-corrected chi connectivity index (χ1v) is 8.32. The van der Waals surface area contributed by atoms with Crippen molar-refractivity contribution in [2.45, 2.75) is 25.7 Å². The standard InChI is InChI=1S/C19H29NO2/c1-22-15-7-12-19(17-21)11-6-14-20(16-19)13-5-10-18-8-3-2-4-9-18/h2-5,8-10,21H,6-7,11-17H2,1H3. The minimum absolute atomic E-state index is 0.0668. The van der Waals surface area contributed by atoms with E-state index in [1.807, 2.05) is 6.07 Å². The van der Waals surface area contributed by atoms with Gasteiger partial charge in [0.1, 0.15) is 0 Å². The fourth-order valence-electron chi connectivity index (χ4n) is 3.37. The van der Waals surface area contributed by atoms with Crippen LogP contribution in [0.15, 0.2) is 36.4 Å². The highest BCUT2D eigenvalue weighted by atomic mass is 16.5. The van der Waals surface area contributed by atoms with Crippen molar-refractivity contribution in [1.82, 2.24) is 4.90 Å². The van der Waals surface area contributed by atoms with Gasteiger partial charge in [0.05, 0.1) is 0 Å². The lowest BCUT2D eigenvalue weighted by Crippen LogP contribution is -2.45. The minimum atomic E-state index is 0.0668. The summed E-state index contributed by atoms with van der Waals surface area (Å²) in [6.07, 6.45) is 8.80. The predicted octanol–water partition coefficient (Wildman–Crippen LogP) is 3.20. The number of piperidine rings is 1. The third-order valence-corrected chi connectivity index (χ3v) is 4.60. The van der Waals surface area contributed by atoms with E-state index in [4.69, 9.17) is 4.74 Å². The first-order valence-electron chi connectivity index (χ1n) is 8.32. The number of rotatable bonds is 8. The average molecular weight is 303 g/mol. The number of hydrogen-bond donors (Lipinski definition) is 1. The van der Waals surface area contributed by atoms with Crippen LogP contribution in [-0.2, 0) is 4.74 Å². The zero-order valence-electron chi connectivity index (χ0n) is 13.7. The van der Waals surface area contributed by atoms with E-state index in [9.17, 15) is 5.11 Å². The van der Waals surface area contributed by atoms with Crippen molar-refractivity contribution in [3.05, 3.63) is 42.0 Å². The highest BCUT2D eigenvalue weighted by Gasteiger charge is 2.33. The Kier molecular flexibility index (Phi) is 7.10. The molecular weight excluding hydrogens is 274 g/mol. The predicted molar refractivity (Wildman–Crippen MR) is 91.8 cm³/mol. The third-order valence-electron chi connectivity index (χ3n) is 4.60. The van der Waals surface area contributed by atoms with Gasteiger partial charge in [0.15, 0.2) is 0 Å². The monoisotopic (exact) mass is 303 g/mol. The van der Waals surface area contributed by atoms with Crippen LogP contribution in [0.1, 0.15) is 31.2 Å². The van der Waals surface area contributed by atoms with Gasteiger partial charge >= 0.3 is 0 Å². The average Bonchev–Trinajstić information content (AvgIpc) is 2.56. The van der Waals surface area contributed by atoms with Crippen molar-refractivity contribution >= 4 is 6.08 Å². The number of aliphatic hydroxyl groups excluding tert-OH is 1. The van der Waals surface area contributed by atoms with E-state index in [2.05, 4.69) is 41.3 Å². The van der Waals surface area contributed by atoms with Gasteiger partial charge in [0.2, 0.25) is 0 Å². The van der Waals surface area contributed by atoms with Crippen molar-refractivity contribution in [1.29, 1.82) is 0 Å². The fourth-order valence-corrected chi connectivity index (χ4v) is 3.37. The Morgan fingerprint density at radius 3 is 2.86 bits per heavy atom. The molecule has 22 heavy (non-hydrogen) atoms. The van der Waals surface area contributed by atoms with Gasteiger partial charge in [-0.25, -0.2) is 0 Å².